The monoisotopic (exact) mass is 526 g/mol. The van der Waals surface area contributed by atoms with Gasteiger partial charge in [-0.3, -0.25) is 14.5 Å². The predicted octanol–water partition coefficient (Wildman–Crippen LogP) is 5.10. The first-order valence-electron chi connectivity index (χ1n) is 13.9. The minimum absolute atomic E-state index is 0.164. The van der Waals surface area contributed by atoms with E-state index in [4.69, 9.17) is 4.74 Å². The van der Waals surface area contributed by atoms with Crippen LogP contribution in [0.4, 0.5) is 0 Å². The number of aromatic nitrogens is 2. The second kappa shape index (κ2) is 11.9. The largest absolute Gasteiger partial charge is 0.492 e. The summed E-state index contributed by atoms with van der Waals surface area (Å²) < 4.78 is 8.34. The van der Waals surface area contributed by atoms with Crippen molar-refractivity contribution in [1.29, 1.82) is 0 Å². The van der Waals surface area contributed by atoms with Crippen molar-refractivity contribution < 1.29 is 9.53 Å². The second-order valence-corrected chi connectivity index (χ2v) is 10.6. The minimum Gasteiger partial charge on any atom is -0.492 e. The summed E-state index contributed by atoms with van der Waals surface area (Å²) in [6.07, 6.45) is 3.83. The van der Waals surface area contributed by atoms with Gasteiger partial charge in [-0.15, -0.1) is 0 Å². The maximum atomic E-state index is 13.7. The molecule has 1 aliphatic rings. The molecule has 5 rings (SSSR count). The van der Waals surface area contributed by atoms with E-state index in [1.165, 1.54) is 19.3 Å². The normalized spacial score (nSPS) is 14.0. The zero-order valence-electron chi connectivity index (χ0n) is 23.2. The molecule has 204 valence electrons. The molecule has 2 aromatic carbocycles. The molecule has 0 saturated carbocycles. The third kappa shape index (κ3) is 6.09. The van der Waals surface area contributed by atoms with E-state index in [9.17, 15) is 9.59 Å². The zero-order valence-corrected chi connectivity index (χ0v) is 23.2. The number of aryl methyl sites for hydroxylation is 2. The van der Waals surface area contributed by atoms with Crippen molar-refractivity contribution in [3.05, 3.63) is 98.6 Å². The maximum absolute atomic E-state index is 13.7. The molecular weight excluding hydrogens is 488 g/mol. The van der Waals surface area contributed by atoms with Crippen LogP contribution in [0.1, 0.15) is 57.7 Å². The van der Waals surface area contributed by atoms with E-state index in [0.717, 1.165) is 58.8 Å². The lowest BCUT2D eigenvalue weighted by Crippen LogP contribution is -2.33. The third-order valence-electron chi connectivity index (χ3n) is 7.75. The summed E-state index contributed by atoms with van der Waals surface area (Å²) in [6.45, 7) is 10.4. The number of fused-ring (bicyclic) bond motifs is 1. The molecule has 0 radical (unpaired) electrons. The number of H-pyrrole nitrogens is 1. The Bertz CT molecular complexity index is 1510. The molecular formula is C32H38N4O3. The number of ether oxygens (including phenoxy) is 1. The molecule has 3 heterocycles. The molecule has 0 unspecified atom stereocenters. The summed E-state index contributed by atoms with van der Waals surface area (Å²) in [6, 6.07) is 18.2. The fourth-order valence-corrected chi connectivity index (χ4v) is 5.64. The quantitative estimate of drug-likeness (QED) is 0.318. The Morgan fingerprint density at radius 3 is 2.51 bits per heavy atom. The molecule has 2 aromatic heterocycles. The van der Waals surface area contributed by atoms with E-state index in [1.54, 1.807) is 0 Å². The van der Waals surface area contributed by atoms with E-state index in [2.05, 4.69) is 31.9 Å². The van der Waals surface area contributed by atoms with Crippen LogP contribution in [0.5, 0.6) is 5.75 Å². The third-order valence-corrected chi connectivity index (χ3v) is 7.75. The Hall–Kier alpha value is -3.84. The van der Waals surface area contributed by atoms with Crippen LogP contribution in [0.25, 0.3) is 10.9 Å². The summed E-state index contributed by atoms with van der Waals surface area (Å²) in [4.78, 5) is 31.5. The highest BCUT2D eigenvalue weighted by Gasteiger charge is 2.21. The smallest absolute Gasteiger partial charge is 0.254 e. The summed E-state index contributed by atoms with van der Waals surface area (Å²) in [7, 11) is 0. The van der Waals surface area contributed by atoms with Gasteiger partial charge in [0.1, 0.15) is 12.4 Å². The molecule has 4 aromatic rings. The van der Waals surface area contributed by atoms with Gasteiger partial charge in [-0.1, -0.05) is 36.8 Å². The van der Waals surface area contributed by atoms with Crippen LogP contribution < -0.4 is 15.6 Å². The first-order chi connectivity index (χ1) is 18.9. The molecule has 2 N–H and O–H groups in total. The van der Waals surface area contributed by atoms with E-state index in [1.807, 2.05) is 63.2 Å². The molecule has 1 amide bonds. The van der Waals surface area contributed by atoms with Gasteiger partial charge in [0, 0.05) is 47.5 Å². The van der Waals surface area contributed by atoms with Gasteiger partial charge in [-0.25, -0.2) is 0 Å². The van der Waals surface area contributed by atoms with Crippen LogP contribution in [0, 0.1) is 20.8 Å². The Morgan fingerprint density at radius 1 is 1.00 bits per heavy atom. The lowest BCUT2D eigenvalue weighted by atomic mass is 10.1. The van der Waals surface area contributed by atoms with Crippen molar-refractivity contribution in [2.75, 3.05) is 26.2 Å². The lowest BCUT2D eigenvalue weighted by Gasteiger charge is -2.26. The van der Waals surface area contributed by atoms with Crippen molar-refractivity contribution in [1.82, 2.24) is 19.8 Å². The molecule has 0 bridgehead atoms. The first kappa shape index (κ1) is 26.8. The number of carbonyl (C=O) groups is 1. The van der Waals surface area contributed by atoms with E-state index < -0.39 is 0 Å². The summed E-state index contributed by atoms with van der Waals surface area (Å²) >= 11 is 0. The second-order valence-electron chi connectivity index (χ2n) is 10.6. The number of aromatic amines is 1. The number of nitrogens with zero attached hydrogens (tertiary/aromatic N) is 2. The molecule has 1 fully saturated rings. The Morgan fingerprint density at radius 2 is 1.77 bits per heavy atom. The van der Waals surface area contributed by atoms with Gasteiger partial charge in [0.2, 0.25) is 0 Å². The Balaban J connectivity index is 1.43. The molecule has 7 heteroatoms. The van der Waals surface area contributed by atoms with Crippen molar-refractivity contribution in [3.8, 4) is 5.75 Å². The van der Waals surface area contributed by atoms with E-state index in [0.29, 0.717) is 24.3 Å². The van der Waals surface area contributed by atoms with Crippen LogP contribution in [0.2, 0.25) is 0 Å². The summed E-state index contributed by atoms with van der Waals surface area (Å²) in [5, 5.41) is 3.87. The van der Waals surface area contributed by atoms with Gasteiger partial charge in [0.25, 0.3) is 11.5 Å². The van der Waals surface area contributed by atoms with Crippen LogP contribution in [0.3, 0.4) is 0 Å². The van der Waals surface area contributed by atoms with Crippen molar-refractivity contribution >= 4 is 16.8 Å². The van der Waals surface area contributed by atoms with Crippen molar-refractivity contribution in [2.24, 2.45) is 0 Å². The van der Waals surface area contributed by atoms with Crippen molar-refractivity contribution in [2.45, 2.75) is 53.1 Å². The van der Waals surface area contributed by atoms with Gasteiger partial charge in [-0.05, 0) is 82.1 Å². The standard InChI is InChI=1S/C32H38N4O3/c1-22-18-23(2)34-31(37)28(22)20-33-32(38)30-24(3)36(21-25-10-6-4-7-11-25)29-13-12-26(19-27(29)30)39-17-16-35-14-8-5-9-15-35/h4,6-7,10-13,18-19H,5,8-9,14-17,20-21H2,1-3H3,(H,33,38)(H,34,37). The molecule has 0 aliphatic carbocycles. The van der Waals surface area contributed by atoms with Crippen LogP contribution in [-0.2, 0) is 13.1 Å². The van der Waals surface area contributed by atoms with Gasteiger partial charge in [0.05, 0.1) is 5.56 Å². The first-order valence-corrected chi connectivity index (χ1v) is 13.9. The number of amides is 1. The number of likely N-dealkylation sites (tertiary alicyclic amines) is 1. The van der Waals surface area contributed by atoms with Crippen LogP contribution in [-0.4, -0.2) is 46.6 Å². The number of piperidine rings is 1. The van der Waals surface area contributed by atoms with Gasteiger partial charge in [0.15, 0.2) is 0 Å². The van der Waals surface area contributed by atoms with Gasteiger partial charge in [-0.2, -0.15) is 0 Å². The topological polar surface area (TPSA) is 79.4 Å². The number of nitrogens with one attached hydrogen (secondary N) is 2. The SMILES string of the molecule is Cc1cc(C)c(CNC(=O)c2c(C)n(Cc3ccccc3)c3ccc(OCCN4CCCCC4)cc23)c(=O)[nH]1. The number of pyridine rings is 1. The predicted molar refractivity (Wildman–Crippen MR) is 156 cm³/mol. The fourth-order valence-electron chi connectivity index (χ4n) is 5.64. The number of benzene rings is 2. The summed E-state index contributed by atoms with van der Waals surface area (Å²) in [5.41, 5.74) is 5.71. The molecule has 1 aliphatic heterocycles. The number of hydrogen-bond donors (Lipinski definition) is 2. The minimum atomic E-state index is -0.200. The number of carbonyl (C=O) groups excluding carboxylic acids is 1. The van der Waals surface area contributed by atoms with Crippen LogP contribution in [0.15, 0.2) is 59.4 Å². The van der Waals surface area contributed by atoms with Crippen LogP contribution >= 0.6 is 0 Å². The molecule has 0 atom stereocenters. The van der Waals surface area contributed by atoms with Gasteiger partial charge >= 0.3 is 0 Å². The highest BCUT2D eigenvalue weighted by molar-refractivity contribution is 6.08. The molecule has 7 nitrogen and oxygen atoms in total. The molecule has 39 heavy (non-hydrogen) atoms. The molecule has 0 spiro atoms. The average Bonchev–Trinajstić information content (AvgIpc) is 3.19. The highest BCUT2D eigenvalue weighted by atomic mass is 16.5. The summed E-state index contributed by atoms with van der Waals surface area (Å²) in [5.74, 6) is 0.561. The zero-order chi connectivity index (χ0) is 27.4. The number of hydrogen-bond acceptors (Lipinski definition) is 4. The lowest BCUT2D eigenvalue weighted by molar-refractivity contribution is 0.0951. The Labute approximate surface area is 229 Å². The Kier molecular flexibility index (Phi) is 8.17. The average molecular weight is 527 g/mol. The van der Waals surface area contributed by atoms with Crippen molar-refractivity contribution in [3.63, 3.8) is 0 Å². The maximum Gasteiger partial charge on any atom is 0.254 e. The van der Waals surface area contributed by atoms with E-state index in [-0.39, 0.29) is 18.0 Å². The molecule has 1 saturated heterocycles. The number of rotatable bonds is 9. The van der Waals surface area contributed by atoms with E-state index >= 15 is 0 Å². The fraction of sp³-hybridized carbons (Fsp3) is 0.375. The highest BCUT2D eigenvalue weighted by Crippen LogP contribution is 2.30. The van der Waals surface area contributed by atoms with Gasteiger partial charge < -0.3 is 19.6 Å².